The van der Waals surface area contributed by atoms with Crippen molar-refractivity contribution in [2.45, 2.75) is 38.3 Å². The van der Waals surface area contributed by atoms with E-state index < -0.39 is 35.3 Å². The Morgan fingerprint density at radius 2 is 1.93 bits per heavy atom. The molecule has 1 fully saturated rings. The Labute approximate surface area is 170 Å². The molecule has 28 heavy (non-hydrogen) atoms. The van der Waals surface area contributed by atoms with Crippen LogP contribution >= 0.6 is 15.9 Å². The standard InChI is InChI=1S/C19H21BrF2N4O2/c1-19(2,3)28-18(27)25-16-10-26(17-23-7-11(20)8-24-17)9-14(16)13-6-12(21)4-5-15(13)22/h4-8,14,16H,9-10H2,1-3H3,(H,25,27)/t14-,16+/m1/s1. The second-order valence-corrected chi connectivity index (χ2v) is 8.55. The second-order valence-electron chi connectivity index (χ2n) is 7.63. The molecule has 1 saturated heterocycles. The zero-order valence-electron chi connectivity index (χ0n) is 15.7. The lowest BCUT2D eigenvalue weighted by atomic mass is 9.94. The number of nitrogens with one attached hydrogen (secondary N) is 1. The van der Waals surface area contributed by atoms with E-state index in [1.54, 1.807) is 33.2 Å². The number of benzene rings is 1. The van der Waals surface area contributed by atoms with Gasteiger partial charge in [-0.15, -0.1) is 0 Å². The highest BCUT2D eigenvalue weighted by atomic mass is 79.9. The number of anilines is 1. The maximum absolute atomic E-state index is 14.4. The molecular formula is C19H21BrF2N4O2. The molecule has 6 nitrogen and oxygen atoms in total. The number of ether oxygens (including phenoxy) is 1. The third-order valence-electron chi connectivity index (χ3n) is 4.27. The molecule has 2 heterocycles. The Kier molecular flexibility index (Phi) is 5.83. The fourth-order valence-electron chi connectivity index (χ4n) is 3.15. The van der Waals surface area contributed by atoms with E-state index >= 15 is 0 Å². The molecule has 2 atom stereocenters. The van der Waals surface area contributed by atoms with Crippen molar-refractivity contribution >= 4 is 28.0 Å². The maximum atomic E-state index is 14.4. The first-order chi connectivity index (χ1) is 13.1. The van der Waals surface area contributed by atoms with Crippen LogP contribution in [0.3, 0.4) is 0 Å². The summed E-state index contributed by atoms with van der Waals surface area (Å²) in [6, 6.07) is 2.82. The summed E-state index contributed by atoms with van der Waals surface area (Å²) in [7, 11) is 0. The Bertz CT molecular complexity index is 858. The number of carbonyl (C=O) groups excluding carboxylic acids is 1. The second kappa shape index (κ2) is 7.98. The smallest absolute Gasteiger partial charge is 0.407 e. The quantitative estimate of drug-likeness (QED) is 0.758. The monoisotopic (exact) mass is 454 g/mol. The minimum Gasteiger partial charge on any atom is -0.444 e. The molecule has 0 unspecified atom stereocenters. The first-order valence-corrected chi connectivity index (χ1v) is 9.58. The summed E-state index contributed by atoms with van der Waals surface area (Å²) in [4.78, 5) is 22.6. The van der Waals surface area contributed by atoms with Crippen molar-refractivity contribution in [3.05, 3.63) is 52.3 Å². The molecular weight excluding hydrogens is 434 g/mol. The van der Waals surface area contributed by atoms with Gasteiger partial charge in [-0.2, -0.15) is 0 Å². The van der Waals surface area contributed by atoms with Gasteiger partial charge < -0.3 is 15.0 Å². The number of hydrogen-bond acceptors (Lipinski definition) is 5. The summed E-state index contributed by atoms with van der Waals surface area (Å²) in [5.41, 5.74) is -0.475. The SMILES string of the molecule is CC(C)(C)OC(=O)N[C@H]1CN(c2ncc(Br)cn2)C[C@@H]1c1cc(F)ccc1F. The molecule has 2 aromatic rings. The van der Waals surface area contributed by atoms with Crippen molar-refractivity contribution < 1.29 is 18.3 Å². The highest BCUT2D eigenvalue weighted by molar-refractivity contribution is 9.10. The van der Waals surface area contributed by atoms with Crippen LogP contribution in [0.1, 0.15) is 32.3 Å². The van der Waals surface area contributed by atoms with Gasteiger partial charge >= 0.3 is 6.09 Å². The number of carbonyl (C=O) groups is 1. The van der Waals surface area contributed by atoms with Crippen LogP contribution in [0.15, 0.2) is 35.1 Å². The molecule has 9 heteroatoms. The number of halogens is 3. The maximum Gasteiger partial charge on any atom is 0.407 e. The third kappa shape index (κ3) is 4.95. The van der Waals surface area contributed by atoms with Crippen LogP contribution in [0.25, 0.3) is 0 Å². The van der Waals surface area contributed by atoms with Crippen LogP contribution in [0.4, 0.5) is 19.5 Å². The lowest BCUT2D eigenvalue weighted by Gasteiger charge is -2.24. The topological polar surface area (TPSA) is 67.3 Å². The first kappa shape index (κ1) is 20.4. The molecule has 1 N–H and O–H groups in total. The summed E-state index contributed by atoms with van der Waals surface area (Å²) < 4.78 is 34.2. The van der Waals surface area contributed by atoms with Crippen molar-refractivity contribution in [3.8, 4) is 0 Å². The Morgan fingerprint density at radius 3 is 2.57 bits per heavy atom. The van der Waals surface area contributed by atoms with Crippen LogP contribution < -0.4 is 10.2 Å². The van der Waals surface area contributed by atoms with Crippen LogP contribution in [0.2, 0.25) is 0 Å². The van der Waals surface area contributed by atoms with Crippen LogP contribution in [0.5, 0.6) is 0 Å². The molecule has 1 amide bonds. The molecule has 0 saturated carbocycles. The molecule has 150 valence electrons. The van der Waals surface area contributed by atoms with Crippen LogP contribution in [-0.4, -0.2) is 40.8 Å². The molecule has 0 radical (unpaired) electrons. The molecule has 0 spiro atoms. The van der Waals surface area contributed by atoms with E-state index in [0.717, 1.165) is 22.7 Å². The Morgan fingerprint density at radius 1 is 1.25 bits per heavy atom. The van der Waals surface area contributed by atoms with Gasteiger partial charge in [0.25, 0.3) is 0 Å². The van der Waals surface area contributed by atoms with E-state index in [2.05, 4.69) is 31.2 Å². The lowest BCUT2D eigenvalue weighted by Crippen LogP contribution is -2.43. The number of nitrogens with zero attached hydrogens (tertiary/aromatic N) is 3. The van der Waals surface area contributed by atoms with E-state index in [4.69, 9.17) is 4.74 Å². The number of amides is 1. The molecule has 1 aliphatic heterocycles. The van der Waals surface area contributed by atoms with E-state index in [9.17, 15) is 13.6 Å². The predicted octanol–water partition coefficient (Wildman–Crippen LogP) is 4.01. The van der Waals surface area contributed by atoms with E-state index in [1.807, 2.05) is 4.90 Å². The Hall–Kier alpha value is -2.29. The molecule has 1 aromatic carbocycles. The zero-order valence-corrected chi connectivity index (χ0v) is 17.3. The largest absolute Gasteiger partial charge is 0.444 e. The van der Waals surface area contributed by atoms with E-state index in [1.165, 1.54) is 0 Å². The number of aromatic nitrogens is 2. The van der Waals surface area contributed by atoms with Crippen molar-refractivity contribution in [2.75, 3.05) is 18.0 Å². The average molecular weight is 455 g/mol. The summed E-state index contributed by atoms with van der Waals surface area (Å²) in [5, 5.41) is 2.79. The summed E-state index contributed by atoms with van der Waals surface area (Å²) in [5.74, 6) is -1.11. The van der Waals surface area contributed by atoms with Crippen molar-refractivity contribution in [1.82, 2.24) is 15.3 Å². The third-order valence-corrected chi connectivity index (χ3v) is 4.68. The van der Waals surface area contributed by atoms with Gasteiger partial charge in [-0.25, -0.2) is 23.5 Å². The minimum absolute atomic E-state index is 0.195. The predicted molar refractivity (Wildman–Crippen MR) is 104 cm³/mol. The Balaban J connectivity index is 1.87. The number of hydrogen-bond donors (Lipinski definition) is 1. The summed E-state index contributed by atoms with van der Waals surface area (Å²) in [6.07, 6.45) is 2.60. The van der Waals surface area contributed by atoms with Gasteiger partial charge in [0.1, 0.15) is 17.2 Å². The fourth-order valence-corrected chi connectivity index (χ4v) is 3.36. The van der Waals surface area contributed by atoms with Gasteiger partial charge in [0.15, 0.2) is 0 Å². The van der Waals surface area contributed by atoms with Crippen LogP contribution in [-0.2, 0) is 4.74 Å². The van der Waals surface area contributed by atoms with Gasteiger partial charge in [0, 0.05) is 31.4 Å². The fraction of sp³-hybridized carbons (Fsp3) is 0.421. The summed E-state index contributed by atoms with van der Waals surface area (Å²) in [6.45, 7) is 5.93. The molecule has 1 aliphatic rings. The van der Waals surface area contributed by atoms with E-state index in [0.29, 0.717) is 19.0 Å². The number of alkyl carbamates (subject to hydrolysis) is 1. The minimum atomic E-state index is -0.670. The molecule has 0 aliphatic carbocycles. The molecule has 0 bridgehead atoms. The van der Waals surface area contributed by atoms with Gasteiger partial charge in [0.2, 0.25) is 5.95 Å². The highest BCUT2D eigenvalue weighted by Crippen LogP contribution is 2.32. The number of rotatable bonds is 3. The van der Waals surface area contributed by atoms with Gasteiger partial charge in [-0.1, -0.05) is 0 Å². The zero-order chi connectivity index (χ0) is 20.5. The van der Waals surface area contributed by atoms with Gasteiger partial charge in [-0.05, 0) is 60.5 Å². The van der Waals surface area contributed by atoms with Gasteiger partial charge in [0.05, 0.1) is 10.5 Å². The van der Waals surface area contributed by atoms with Crippen molar-refractivity contribution in [3.63, 3.8) is 0 Å². The highest BCUT2D eigenvalue weighted by Gasteiger charge is 2.38. The van der Waals surface area contributed by atoms with Crippen molar-refractivity contribution in [1.29, 1.82) is 0 Å². The normalized spacial score (nSPS) is 19.6. The van der Waals surface area contributed by atoms with E-state index in [-0.39, 0.29) is 5.56 Å². The molecule has 1 aromatic heterocycles. The lowest BCUT2D eigenvalue weighted by molar-refractivity contribution is 0.0504. The first-order valence-electron chi connectivity index (χ1n) is 8.79. The van der Waals surface area contributed by atoms with Crippen LogP contribution in [0, 0.1) is 11.6 Å². The van der Waals surface area contributed by atoms with Crippen molar-refractivity contribution in [2.24, 2.45) is 0 Å². The van der Waals surface area contributed by atoms with Gasteiger partial charge in [-0.3, -0.25) is 0 Å². The summed E-state index contributed by atoms with van der Waals surface area (Å²) >= 11 is 3.28. The molecule has 3 rings (SSSR count). The average Bonchev–Trinajstić information content (AvgIpc) is 2.99.